The molecule has 7 heteroatoms. The van der Waals surface area contributed by atoms with E-state index in [4.69, 9.17) is 9.52 Å². The van der Waals surface area contributed by atoms with E-state index >= 15 is 0 Å². The molecule has 0 fully saturated rings. The number of aliphatic hydroxyl groups is 1. The minimum atomic E-state index is -2.01. The summed E-state index contributed by atoms with van der Waals surface area (Å²) >= 11 is 0. The molecule has 7 nitrogen and oxygen atoms in total. The lowest BCUT2D eigenvalue weighted by molar-refractivity contribution is -0.155. The Morgan fingerprint density at radius 1 is 1.62 bits per heavy atom. The molecule has 0 aliphatic carbocycles. The van der Waals surface area contributed by atoms with Crippen LogP contribution in [0.2, 0.25) is 0 Å². The Hall–Kier alpha value is -1.89. The smallest absolute Gasteiger partial charge is 0.337 e. The zero-order chi connectivity index (χ0) is 12.3. The van der Waals surface area contributed by atoms with E-state index in [0.717, 1.165) is 13.3 Å². The monoisotopic (exact) mass is 228 g/mol. The van der Waals surface area contributed by atoms with Crippen molar-refractivity contribution in [3.05, 3.63) is 17.8 Å². The number of aryl methyl sites for hydroxylation is 1. The standard InChI is InChI=1S/C9H12N2O5/c1-5-6(16-4-11-5)7(12)10-3-9(2,15)8(13)14/h4,15H,3H2,1-2H3,(H,10,12)(H,13,14). The summed E-state index contributed by atoms with van der Waals surface area (Å²) in [6, 6.07) is 0. The number of nitrogens with zero attached hydrogens (tertiary/aromatic N) is 1. The van der Waals surface area contributed by atoms with E-state index in [1.807, 2.05) is 0 Å². The van der Waals surface area contributed by atoms with Crippen molar-refractivity contribution < 1.29 is 24.2 Å². The molecule has 0 bridgehead atoms. The number of carbonyl (C=O) groups is 2. The molecule has 0 aromatic carbocycles. The number of aliphatic carboxylic acids is 1. The summed E-state index contributed by atoms with van der Waals surface area (Å²) < 4.78 is 4.80. The molecule has 1 atom stereocenters. The Morgan fingerprint density at radius 2 is 2.25 bits per heavy atom. The van der Waals surface area contributed by atoms with Gasteiger partial charge in [-0.1, -0.05) is 0 Å². The molecule has 0 aliphatic rings. The Kier molecular flexibility index (Phi) is 3.28. The van der Waals surface area contributed by atoms with Gasteiger partial charge in [0.15, 0.2) is 12.0 Å². The van der Waals surface area contributed by atoms with Crippen LogP contribution in [0.1, 0.15) is 23.2 Å². The fraction of sp³-hybridized carbons (Fsp3) is 0.444. The van der Waals surface area contributed by atoms with Crippen LogP contribution in [0, 0.1) is 6.92 Å². The van der Waals surface area contributed by atoms with Gasteiger partial charge in [0.25, 0.3) is 5.91 Å². The first-order valence-electron chi connectivity index (χ1n) is 4.48. The molecule has 0 saturated carbocycles. The van der Waals surface area contributed by atoms with Crippen molar-refractivity contribution in [2.24, 2.45) is 0 Å². The first kappa shape index (κ1) is 12.2. The van der Waals surface area contributed by atoms with Crippen molar-refractivity contribution in [3.63, 3.8) is 0 Å². The van der Waals surface area contributed by atoms with E-state index in [-0.39, 0.29) is 5.76 Å². The van der Waals surface area contributed by atoms with Gasteiger partial charge in [-0.2, -0.15) is 0 Å². The molecule has 1 aromatic rings. The maximum Gasteiger partial charge on any atom is 0.337 e. The summed E-state index contributed by atoms with van der Waals surface area (Å²) in [7, 11) is 0. The summed E-state index contributed by atoms with van der Waals surface area (Å²) in [6.45, 7) is 2.25. The molecule has 16 heavy (non-hydrogen) atoms. The number of nitrogens with one attached hydrogen (secondary N) is 1. The molecule has 0 spiro atoms. The van der Waals surface area contributed by atoms with Gasteiger partial charge in [-0.05, 0) is 13.8 Å². The van der Waals surface area contributed by atoms with Crippen molar-refractivity contribution in [2.45, 2.75) is 19.4 Å². The van der Waals surface area contributed by atoms with Crippen molar-refractivity contribution in [1.29, 1.82) is 0 Å². The largest absolute Gasteiger partial charge is 0.479 e. The third-order valence-electron chi connectivity index (χ3n) is 2.01. The first-order chi connectivity index (χ1) is 7.34. The van der Waals surface area contributed by atoms with Crippen molar-refractivity contribution in [1.82, 2.24) is 10.3 Å². The number of carbonyl (C=O) groups excluding carboxylic acids is 1. The maximum atomic E-state index is 11.4. The van der Waals surface area contributed by atoms with Gasteiger partial charge < -0.3 is 19.9 Å². The second kappa shape index (κ2) is 4.31. The van der Waals surface area contributed by atoms with Crippen LogP contribution in [0.4, 0.5) is 0 Å². The second-order valence-corrected chi connectivity index (χ2v) is 3.53. The van der Waals surface area contributed by atoms with Crippen LogP contribution >= 0.6 is 0 Å². The van der Waals surface area contributed by atoms with Crippen molar-refractivity contribution >= 4 is 11.9 Å². The van der Waals surface area contributed by atoms with Gasteiger partial charge in [0.2, 0.25) is 5.76 Å². The van der Waals surface area contributed by atoms with Crippen LogP contribution in [0.5, 0.6) is 0 Å². The van der Waals surface area contributed by atoms with Gasteiger partial charge >= 0.3 is 5.97 Å². The Morgan fingerprint density at radius 3 is 2.69 bits per heavy atom. The Bertz CT molecular complexity index is 410. The van der Waals surface area contributed by atoms with Crippen LogP contribution in [0.3, 0.4) is 0 Å². The number of carboxylic acid groups (broad SMARTS) is 1. The van der Waals surface area contributed by atoms with E-state index in [0.29, 0.717) is 5.69 Å². The van der Waals surface area contributed by atoms with Gasteiger partial charge in [-0.25, -0.2) is 9.78 Å². The number of hydrogen-bond donors (Lipinski definition) is 3. The van der Waals surface area contributed by atoms with Crippen molar-refractivity contribution in [2.75, 3.05) is 6.54 Å². The van der Waals surface area contributed by atoms with Crippen LogP contribution in [0.25, 0.3) is 0 Å². The molecule has 1 unspecified atom stereocenters. The average Bonchev–Trinajstić information content (AvgIpc) is 2.61. The minimum Gasteiger partial charge on any atom is -0.479 e. The number of aromatic nitrogens is 1. The quantitative estimate of drug-likeness (QED) is 0.643. The number of hydrogen-bond acceptors (Lipinski definition) is 5. The van der Waals surface area contributed by atoms with Gasteiger partial charge in [0.05, 0.1) is 12.2 Å². The molecule has 1 aromatic heterocycles. The van der Waals surface area contributed by atoms with Crippen molar-refractivity contribution in [3.8, 4) is 0 Å². The van der Waals surface area contributed by atoms with Gasteiger partial charge in [-0.15, -0.1) is 0 Å². The molecule has 1 amide bonds. The Balaban J connectivity index is 2.61. The topological polar surface area (TPSA) is 113 Å². The van der Waals surface area contributed by atoms with Gasteiger partial charge in [0.1, 0.15) is 0 Å². The second-order valence-electron chi connectivity index (χ2n) is 3.53. The number of amides is 1. The summed E-state index contributed by atoms with van der Waals surface area (Å²) in [5, 5.41) is 20.2. The Labute approximate surface area is 91.1 Å². The first-order valence-corrected chi connectivity index (χ1v) is 4.48. The highest BCUT2D eigenvalue weighted by atomic mass is 16.4. The van der Waals surface area contributed by atoms with E-state index in [1.54, 1.807) is 6.92 Å². The SMILES string of the molecule is Cc1ncoc1C(=O)NCC(C)(O)C(=O)O. The average molecular weight is 228 g/mol. The summed E-state index contributed by atoms with van der Waals surface area (Å²) in [4.78, 5) is 25.7. The van der Waals surface area contributed by atoms with Crippen LogP contribution in [-0.4, -0.2) is 39.2 Å². The van der Waals surface area contributed by atoms with E-state index in [2.05, 4.69) is 10.3 Å². The van der Waals surface area contributed by atoms with Gasteiger partial charge in [0, 0.05) is 0 Å². The zero-order valence-corrected chi connectivity index (χ0v) is 8.85. The highest BCUT2D eigenvalue weighted by molar-refractivity contribution is 5.92. The molecule has 0 aliphatic heterocycles. The van der Waals surface area contributed by atoms with E-state index < -0.39 is 24.0 Å². The number of oxazole rings is 1. The fourth-order valence-corrected chi connectivity index (χ4v) is 0.928. The summed E-state index contributed by atoms with van der Waals surface area (Å²) in [5.74, 6) is -2.03. The zero-order valence-electron chi connectivity index (χ0n) is 8.85. The molecule has 0 saturated heterocycles. The fourth-order valence-electron chi connectivity index (χ4n) is 0.928. The molecule has 1 heterocycles. The lowest BCUT2D eigenvalue weighted by Gasteiger charge is -2.17. The molecular weight excluding hydrogens is 216 g/mol. The lowest BCUT2D eigenvalue weighted by atomic mass is 10.1. The highest BCUT2D eigenvalue weighted by Gasteiger charge is 2.30. The van der Waals surface area contributed by atoms with Crippen LogP contribution < -0.4 is 5.32 Å². The molecule has 1 rings (SSSR count). The van der Waals surface area contributed by atoms with E-state index in [1.165, 1.54) is 0 Å². The lowest BCUT2D eigenvalue weighted by Crippen LogP contribution is -2.46. The molecule has 88 valence electrons. The summed E-state index contributed by atoms with van der Waals surface area (Å²) in [6.07, 6.45) is 1.11. The number of rotatable bonds is 4. The number of carboxylic acids is 1. The predicted octanol–water partition coefficient (Wildman–Crippen LogP) is -0.452. The van der Waals surface area contributed by atoms with Crippen LogP contribution in [0.15, 0.2) is 10.8 Å². The van der Waals surface area contributed by atoms with Crippen LogP contribution in [-0.2, 0) is 4.79 Å². The molecule has 3 N–H and O–H groups in total. The van der Waals surface area contributed by atoms with Gasteiger partial charge in [-0.3, -0.25) is 4.79 Å². The molecular formula is C9H12N2O5. The normalized spacial score (nSPS) is 14.2. The molecule has 0 radical (unpaired) electrons. The van der Waals surface area contributed by atoms with E-state index in [9.17, 15) is 14.7 Å². The highest BCUT2D eigenvalue weighted by Crippen LogP contribution is 2.06. The summed E-state index contributed by atoms with van der Waals surface area (Å²) in [5.41, 5.74) is -1.61. The minimum absolute atomic E-state index is 0.00110. The third-order valence-corrected chi connectivity index (χ3v) is 2.01. The third kappa shape index (κ3) is 2.57. The maximum absolute atomic E-state index is 11.4. The predicted molar refractivity (Wildman–Crippen MR) is 51.8 cm³/mol.